The predicted molar refractivity (Wildman–Crippen MR) is 82.9 cm³/mol. The van der Waals surface area contributed by atoms with Crippen LogP contribution in [0.25, 0.3) is 0 Å². The Balaban J connectivity index is 1.87. The maximum absolute atomic E-state index is 13.0. The summed E-state index contributed by atoms with van der Waals surface area (Å²) >= 11 is 0. The number of halogens is 2. The molecule has 0 aromatic heterocycles. The number of carbonyl (C=O) groups excluding carboxylic acids is 2. The highest BCUT2D eigenvalue weighted by molar-refractivity contribution is 5.95. The number of amides is 1. The van der Waals surface area contributed by atoms with E-state index in [1.165, 1.54) is 0 Å². The number of ether oxygens (including phenoxy) is 2. The molecule has 7 heteroatoms. The summed E-state index contributed by atoms with van der Waals surface area (Å²) in [5, 5.41) is 2.52. The molecule has 0 atom stereocenters. The van der Waals surface area contributed by atoms with Crippen molar-refractivity contribution in [3.8, 4) is 5.75 Å². The van der Waals surface area contributed by atoms with Crippen LogP contribution in [0.3, 0.4) is 0 Å². The minimum atomic E-state index is -0.991. The molecule has 0 fully saturated rings. The topological polar surface area (TPSA) is 64.6 Å². The average molecular weight is 335 g/mol. The summed E-state index contributed by atoms with van der Waals surface area (Å²) in [5.74, 6) is -2.71. The van der Waals surface area contributed by atoms with Crippen LogP contribution < -0.4 is 10.1 Å². The van der Waals surface area contributed by atoms with Gasteiger partial charge in [-0.2, -0.15) is 0 Å². The van der Waals surface area contributed by atoms with Gasteiger partial charge >= 0.3 is 5.97 Å². The largest absolute Gasteiger partial charge is 0.494 e. The molecule has 2 rings (SSSR count). The van der Waals surface area contributed by atoms with Crippen molar-refractivity contribution in [2.45, 2.75) is 6.92 Å². The van der Waals surface area contributed by atoms with E-state index in [0.29, 0.717) is 24.1 Å². The van der Waals surface area contributed by atoms with Crippen molar-refractivity contribution in [3.05, 3.63) is 59.7 Å². The molecule has 24 heavy (non-hydrogen) atoms. The molecule has 0 saturated heterocycles. The standard InChI is InChI=1S/C17H15F2NO4/c1-2-23-15-5-3-14(4-6-15)20-16(21)10-24-17(22)11-7-12(18)9-13(19)8-11/h3-9H,2,10H2,1H3,(H,20,21). The van der Waals surface area contributed by atoms with Crippen LogP contribution in [0.4, 0.5) is 14.5 Å². The molecular formula is C17H15F2NO4. The summed E-state index contributed by atoms with van der Waals surface area (Å²) in [4.78, 5) is 23.4. The second-order valence-electron chi connectivity index (χ2n) is 4.74. The van der Waals surface area contributed by atoms with Crippen molar-refractivity contribution < 1.29 is 27.8 Å². The predicted octanol–water partition coefficient (Wildman–Crippen LogP) is 3.16. The lowest BCUT2D eigenvalue weighted by Gasteiger charge is -2.08. The molecule has 0 heterocycles. The third-order valence-electron chi connectivity index (χ3n) is 2.88. The van der Waals surface area contributed by atoms with Gasteiger partial charge in [0.2, 0.25) is 0 Å². The van der Waals surface area contributed by atoms with Gasteiger partial charge in [0.05, 0.1) is 12.2 Å². The molecule has 1 N–H and O–H groups in total. The summed E-state index contributed by atoms with van der Waals surface area (Å²) < 4.78 is 36.0. The van der Waals surface area contributed by atoms with Gasteiger partial charge in [0.15, 0.2) is 6.61 Å². The van der Waals surface area contributed by atoms with Gasteiger partial charge in [0.1, 0.15) is 17.4 Å². The zero-order valence-corrected chi connectivity index (χ0v) is 12.8. The Hall–Kier alpha value is -2.96. The molecule has 1 amide bonds. The maximum Gasteiger partial charge on any atom is 0.338 e. The summed E-state index contributed by atoms with van der Waals surface area (Å²) in [6.45, 7) is 1.81. The van der Waals surface area contributed by atoms with E-state index in [0.717, 1.165) is 12.1 Å². The van der Waals surface area contributed by atoms with Crippen LogP contribution in [0.1, 0.15) is 17.3 Å². The Bertz CT molecular complexity index is 712. The number of carbonyl (C=O) groups is 2. The number of benzene rings is 2. The molecule has 2 aromatic rings. The fourth-order valence-electron chi connectivity index (χ4n) is 1.88. The number of hydrogen-bond donors (Lipinski definition) is 1. The van der Waals surface area contributed by atoms with E-state index in [9.17, 15) is 18.4 Å². The van der Waals surface area contributed by atoms with Crippen LogP contribution in [-0.4, -0.2) is 25.1 Å². The third-order valence-corrected chi connectivity index (χ3v) is 2.88. The van der Waals surface area contributed by atoms with Crippen molar-refractivity contribution in [1.82, 2.24) is 0 Å². The minimum Gasteiger partial charge on any atom is -0.494 e. The quantitative estimate of drug-likeness (QED) is 0.824. The second kappa shape index (κ2) is 8.05. The van der Waals surface area contributed by atoms with Gasteiger partial charge in [-0.25, -0.2) is 13.6 Å². The van der Waals surface area contributed by atoms with E-state index in [2.05, 4.69) is 5.32 Å². The zero-order valence-electron chi connectivity index (χ0n) is 12.8. The van der Waals surface area contributed by atoms with Crippen LogP contribution in [-0.2, 0) is 9.53 Å². The number of esters is 1. The first-order valence-electron chi connectivity index (χ1n) is 7.14. The van der Waals surface area contributed by atoms with Gasteiger partial charge in [-0.05, 0) is 43.3 Å². The van der Waals surface area contributed by atoms with E-state index in [-0.39, 0.29) is 5.56 Å². The van der Waals surface area contributed by atoms with Crippen LogP contribution in [0.2, 0.25) is 0 Å². The molecule has 0 bridgehead atoms. The lowest BCUT2D eigenvalue weighted by Crippen LogP contribution is -2.21. The highest BCUT2D eigenvalue weighted by Gasteiger charge is 2.13. The van der Waals surface area contributed by atoms with Gasteiger partial charge < -0.3 is 14.8 Å². The van der Waals surface area contributed by atoms with Crippen LogP contribution in [0.15, 0.2) is 42.5 Å². The number of rotatable bonds is 6. The van der Waals surface area contributed by atoms with Crippen molar-refractivity contribution in [1.29, 1.82) is 0 Å². The second-order valence-corrected chi connectivity index (χ2v) is 4.74. The number of hydrogen-bond acceptors (Lipinski definition) is 4. The fourth-order valence-corrected chi connectivity index (χ4v) is 1.88. The van der Waals surface area contributed by atoms with Crippen molar-refractivity contribution in [3.63, 3.8) is 0 Å². The van der Waals surface area contributed by atoms with Crippen LogP contribution in [0, 0.1) is 11.6 Å². The minimum absolute atomic E-state index is 0.304. The molecule has 0 spiro atoms. The van der Waals surface area contributed by atoms with E-state index in [1.807, 2.05) is 6.92 Å². The number of anilines is 1. The summed E-state index contributed by atoms with van der Waals surface area (Å²) in [7, 11) is 0. The van der Waals surface area contributed by atoms with Crippen LogP contribution in [0.5, 0.6) is 5.75 Å². The Kier molecular flexibility index (Phi) is 5.83. The Morgan fingerprint density at radius 3 is 2.25 bits per heavy atom. The van der Waals surface area contributed by atoms with Crippen molar-refractivity contribution in [2.24, 2.45) is 0 Å². The normalized spacial score (nSPS) is 10.1. The SMILES string of the molecule is CCOc1ccc(NC(=O)COC(=O)c2cc(F)cc(F)c2)cc1. The first kappa shape index (κ1) is 17.4. The van der Waals surface area contributed by atoms with E-state index in [4.69, 9.17) is 9.47 Å². The first-order chi connectivity index (χ1) is 11.5. The molecule has 5 nitrogen and oxygen atoms in total. The molecule has 0 saturated carbocycles. The summed E-state index contributed by atoms with van der Waals surface area (Å²) in [5.41, 5.74) is 0.192. The van der Waals surface area contributed by atoms with Gasteiger partial charge in [-0.1, -0.05) is 0 Å². The van der Waals surface area contributed by atoms with E-state index in [1.54, 1.807) is 24.3 Å². The Morgan fingerprint density at radius 2 is 1.67 bits per heavy atom. The fraction of sp³-hybridized carbons (Fsp3) is 0.176. The summed E-state index contributed by atoms with van der Waals surface area (Å²) in [6, 6.07) is 8.92. The van der Waals surface area contributed by atoms with Crippen molar-refractivity contribution >= 4 is 17.6 Å². The smallest absolute Gasteiger partial charge is 0.338 e. The molecular weight excluding hydrogens is 320 g/mol. The molecule has 0 aliphatic heterocycles. The Labute approximate surface area is 137 Å². The van der Waals surface area contributed by atoms with Gasteiger partial charge in [0.25, 0.3) is 5.91 Å². The molecule has 0 radical (unpaired) electrons. The molecule has 2 aromatic carbocycles. The molecule has 126 valence electrons. The third kappa shape index (κ3) is 5.05. The van der Waals surface area contributed by atoms with Crippen LogP contribution >= 0.6 is 0 Å². The van der Waals surface area contributed by atoms with Gasteiger partial charge in [-0.3, -0.25) is 4.79 Å². The highest BCUT2D eigenvalue weighted by atomic mass is 19.1. The monoisotopic (exact) mass is 335 g/mol. The van der Waals surface area contributed by atoms with Gasteiger partial charge in [0, 0.05) is 11.8 Å². The highest BCUT2D eigenvalue weighted by Crippen LogP contribution is 2.15. The molecule has 0 aliphatic rings. The lowest BCUT2D eigenvalue weighted by atomic mass is 10.2. The van der Waals surface area contributed by atoms with Gasteiger partial charge in [-0.15, -0.1) is 0 Å². The van der Waals surface area contributed by atoms with E-state index >= 15 is 0 Å². The van der Waals surface area contributed by atoms with E-state index < -0.39 is 30.1 Å². The maximum atomic E-state index is 13.0. The lowest BCUT2D eigenvalue weighted by molar-refractivity contribution is -0.119. The average Bonchev–Trinajstić information content (AvgIpc) is 2.54. The zero-order chi connectivity index (χ0) is 17.5. The Morgan fingerprint density at radius 1 is 1.04 bits per heavy atom. The van der Waals surface area contributed by atoms with Crippen molar-refractivity contribution in [2.75, 3.05) is 18.5 Å². The summed E-state index contributed by atoms with van der Waals surface area (Å²) in [6.07, 6.45) is 0. The molecule has 0 unspecified atom stereocenters. The molecule has 0 aliphatic carbocycles. The number of nitrogens with one attached hydrogen (secondary N) is 1. The first-order valence-corrected chi connectivity index (χ1v) is 7.14.